The second kappa shape index (κ2) is 6.20. The van der Waals surface area contributed by atoms with E-state index in [9.17, 15) is 9.90 Å². The summed E-state index contributed by atoms with van der Waals surface area (Å²) in [5, 5.41) is 9.37. The maximum absolute atomic E-state index is 12.3. The van der Waals surface area contributed by atoms with Crippen molar-refractivity contribution >= 4 is 45.8 Å². The summed E-state index contributed by atoms with van der Waals surface area (Å²) in [5.74, 6) is 0.351. The second-order valence-corrected chi connectivity index (χ2v) is 7.03. The van der Waals surface area contributed by atoms with Gasteiger partial charge in [-0.25, -0.2) is 0 Å². The molecule has 3 rings (SSSR count). The third-order valence-electron chi connectivity index (χ3n) is 4.02. The molecule has 0 saturated carbocycles. The molecule has 0 radical (unpaired) electrons. The lowest BCUT2D eigenvalue weighted by Crippen LogP contribution is -2.56. The summed E-state index contributed by atoms with van der Waals surface area (Å²) in [7, 11) is 1.50. The van der Waals surface area contributed by atoms with Crippen LogP contribution >= 0.6 is 34.2 Å². The molecule has 0 aromatic heterocycles. The van der Waals surface area contributed by atoms with Crippen molar-refractivity contribution in [3.8, 4) is 11.5 Å². The van der Waals surface area contributed by atoms with E-state index in [2.05, 4.69) is 0 Å². The normalized spacial score (nSPS) is 20.3. The third kappa shape index (κ3) is 2.65. The van der Waals surface area contributed by atoms with Gasteiger partial charge in [0.2, 0.25) is 5.91 Å². The molecule has 1 aliphatic rings. The number of methoxy groups -OCH3 is 1. The number of anilines is 1. The Morgan fingerprint density at radius 3 is 2.65 bits per heavy atom. The van der Waals surface area contributed by atoms with E-state index in [4.69, 9.17) is 16.3 Å². The number of nitrogens with zero attached hydrogens (tertiary/aromatic N) is 1. The summed E-state index contributed by atoms with van der Waals surface area (Å²) in [6.07, 6.45) is 0. The Kier molecular flexibility index (Phi) is 4.42. The predicted octanol–water partition coefficient (Wildman–Crippen LogP) is 4.01. The SMILES string of the molecule is COc1cc(C2C(Cl)C(=O)N2c2ccccc2C)cc(I)c1O. The van der Waals surface area contributed by atoms with Crippen LogP contribution in [0.1, 0.15) is 17.2 Å². The summed E-state index contributed by atoms with van der Waals surface area (Å²) in [5.41, 5.74) is 2.70. The van der Waals surface area contributed by atoms with Crippen molar-refractivity contribution in [1.29, 1.82) is 0 Å². The molecule has 2 atom stereocenters. The molecule has 2 aromatic carbocycles. The smallest absolute Gasteiger partial charge is 0.248 e. The van der Waals surface area contributed by atoms with Gasteiger partial charge in [-0.1, -0.05) is 18.2 Å². The van der Waals surface area contributed by atoms with Crippen molar-refractivity contribution in [1.82, 2.24) is 0 Å². The number of hydrogen-bond donors (Lipinski definition) is 1. The van der Waals surface area contributed by atoms with Crippen LogP contribution in [0.4, 0.5) is 5.69 Å². The quantitative estimate of drug-likeness (QED) is 0.443. The van der Waals surface area contributed by atoms with Crippen LogP contribution in [0.5, 0.6) is 11.5 Å². The minimum Gasteiger partial charge on any atom is -0.504 e. The van der Waals surface area contributed by atoms with Gasteiger partial charge in [0.25, 0.3) is 0 Å². The molecule has 1 amide bonds. The Morgan fingerprint density at radius 2 is 2.00 bits per heavy atom. The van der Waals surface area contributed by atoms with Gasteiger partial charge in [0, 0.05) is 5.69 Å². The molecule has 1 aliphatic heterocycles. The van der Waals surface area contributed by atoms with Gasteiger partial charge in [0.05, 0.1) is 16.7 Å². The highest BCUT2D eigenvalue weighted by Gasteiger charge is 2.48. The number of phenolic OH excluding ortho intramolecular Hbond substituents is 1. The molecular weight excluding hydrogens is 429 g/mol. The second-order valence-electron chi connectivity index (χ2n) is 5.39. The fourth-order valence-corrected chi connectivity index (χ4v) is 3.78. The summed E-state index contributed by atoms with van der Waals surface area (Å²) >= 11 is 8.32. The number of aromatic hydroxyl groups is 1. The highest BCUT2D eigenvalue weighted by molar-refractivity contribution is 14.1. The highest BCUT2D eigenvalue weighted by atomic mass is 127. The van der Waals surface area contributed by atoms with Crippen LogP contribution in [0.25, 0.3) is 0 Å². The molecular formula is C17H15ClINO3. The summed E-state index contributed by atoms with van der Waals surface area (Å²) in [4.78, 5) is 14.0. The van der Waals surface area contributed by atoms with E-state index in [1.54, 1.807) is 11.0 Å². The summed E-state index contributed by atoms with van der Waals surface area (Å²) in [6.45, 7) is 1.96. The standard InChI is InChI=1S/C17H15ClINO3/c1-9-5-3-4-6-12(9)20-15(14(18)17(20)22)10-7-11(19)16(21)13(8-10)23-2/h3-8,14-15,21H,1-2H3. The maximum Gasteiger partial charge on any atom is 0.248 e. The van der Waals surface area contributed by atoms with Crippen molar-refractivity contribution < 1.29 is 14.6 Å². The first-order chi connectivity index (χ1) is 11.0. The number of hydrogen-bond acceptors (Lipinski definition) is 3. The molecule has 4 nitrogen and oxygen atoms in total. The number of benzene rings is 2. The van der Waals surface area contributed by atoms with Gasteiger partial charge in [0.15, 0.2) is 11.5 Å². The number of amides is 1. The zero-order valence-electron chi connectivity index (χ0n) is 12.6. The van der Waals surface area contributed by atoms with Gasteiger partial charge >= 0.3 is 0 Å². The highest BCUT2D eigenvalue weighted by Crippen LogP contribution is 2.45. The third-order valence-corrected chi connectivity index (χ3v) is 5.26. The Hall–Kier alpha value is -1.47. The first kappa shape index (κ1) is 16.4. The molecule has 0 aliphatic carbocycles. The Labute approximate surface area is 153 Å². The first-order valence-electron chi connectivity index (χ1n) is 7.05. The van der Waals surface area contributed by atoms with E-state index in [-0.39, 0.29) is 17.7 Å². The van der Waals surface area contributed by atoms with Gasteiger partial charge in [-0.3, -0.25) is 4.79 Å². The molecule has 6 heteroatoms. The number of phenols is 1. The molecule has 120 valence electrons. The molecule has 1 N–H and O–H groups in total. The van der Waals surface area contributed by atoms with Crippen molar-refractivity contribution in [2.45, 2.75) is 18.3 Å². The van der Waals surface area contributed by atoms with Crippen LogP contribution in [0.2, 0.25) is 0 Å². The first-order valence-corrected chi connectivity index (χ1v) is 8.56. The monoisotopic (exact) mass is 443 g/mol. The fourth-order valence-electron chi connectivity index (χ4n) is 2.79. The zero-order valence-corrected chi connectivity index (χ0v) is 15.5. The zero-order chi connectivity index (χ0) is 16.7. The van der Waals surface area contributed by atoms with E-state index < -0.39 is 5.38 Å². The van der Waals surface area contributed by atoms with Crippen LogP contribution in [0, 0.1) is 10.5 Å². The Bertz CT molecular complexity index is 780. The van der Waals surface area contributed by atoms with Crippen molar-refractivity contribution in [2.75, 3.05) is 12.0 Å². The van der Waals surface area contributed by atoms with Gasteiger partial charge in [-0.05, 0) is 58.8 Å². The average molecular weight is 444 g/mol. The fraction of sp³-hybridized carbons (Fsp3) is 0.235. The number of halogens is 2. The van der Waals surface area contributed by atoms with E-state index in [0.717, 1.165) is 16.8 Å². The number of rotatable bonds is 3. The van der Waals surface area contributed by atoms with Gasteiger partial charge < -0.3 is 14.7 Å². The van der Waals surface area contributed by atoms with E-state index in [1.165, 1.54) is 7.11 Å². The number of aryl methyl sites for hydroxylation is 1. The van der Waals surface area contributed by atoms with Crippen molar-refractivity contribution in [3.05, 3.63) is 51.1 Å². The molecule has 0 bridgehead atoms. The molecule has 0 spiro atoms. The molecule has 1 saturated heterocycles. The minimum absolute atomic E-state index is 0.0936. The van der Waals surface area contributed by atoms with Crippen molar-refractivity contribution in [3.63, 3.8) is 0 Å². The number of carbonyl (C=O) groups excluding carboxylic acids is 1. The van der Waals surface area contributed by atoms with Gasteiger partial charge in [-0.2, -0.15) is 0 Å². The van der Waals surface area contributed by atoms with Crippen LogP contribution in [-0.4, -0.2) is 23.5 Å². The van der Waals surface area contributed by atoms with E-state index >= 15 is 0 Å². The molecule has 2 aromatic rings. The summed E-state index contributed by atoms with van der Waals surface area (Å²) < 4.78 is 5.87. The lowest BCUT2D eigenvalue weighted by molar-refractivity contribution is -0.123. The average Bonchev–Trinajstić information content (AvgIpc) is 2.55. The molecule has 1 heterocycles. The van der Waals surface area contributed by atoms with E-state index in [1.807, 2.05) is 59.8 Å². The van der Waals surface area contributed by atoms with Crippen molar-refractivity contribution in [2.24, 2.45) is 0 Å². The van der Waals surface area contributed by atoms with Crippen LogP contribution in [-0.2, 0) is 4.79 Å². The number of β-lactam (4-membered cyclic amide) rings is 1. The number of ether oxygens (including phenoxy) is 1. The van der Waals surface area contributed by atoms with Crippen LogP contribution < -0.4 is 9.64 Å². The maximum atomic E-state index is 12.3. The van der Waals surface area contributed by atoms with Gasteiger partial charge in [-0.15, -0.1) is 11.6 Å². The van der Waals surface area contributed by atoms with Crippen LogP contribution in [0.15, 0.2) is 36.4 Å². The number of alkyl halides is 1. The lowest BCUT2D eigenvalue weighted by atomic mass is 9.91. The lowest BCUT2D eigenvalue weighted by Gasteiger charge is -2.45. The molecule has 1 fully saturated rings. The largest absolute Gasteiger partial charge is 0.504 e. The number of para-hydroxylation sites is 1. The Morgan fingerprint density at radius 1 is 1.30 bits per heavy atom. The topological polar surface area (TPSA) is 49.8 Å². The molecule has 23 heavy (non-hydrogen) atoms. The predicted molar refractivity (Wildman–Crippen MR) is 98.4 cm³/mol. The number of carbonyl (C=O) groups is 1. The van der Waals surface area contributed by atoms with Gasteiger partial charge in [0.1, 0.15) is 5.38 Å². The minimum atomic E-state index is -0.625. The summed E-state index contributed by atoms with van der Waals surface area (Å²) in [6, 6.07) is 11.0. The van der Waals surface area contributed by atoms with E-state index in [0.29, 0.717) is 9.32 Å². The Balaban J connectivity index is 2.06. The van der Waals surface area contributed by atoms with Crippen LogP contribution in [0.3, 0.4) is 0 Å². The molecule has 2 unspecified atom stereocenters.